The molecule has 1 amide bonds. The number of thiazole rings is 1. The first-order valence-corrected chi connectivity index (χ1v) is 10.1. The Balaban J connectivity index is 1.85. The highest BCUT2D eigenvalue weighted by Gasteiger charge is 2.27. The predicted octanol–water partition coefficient (Wildman–Crippen LogP) is 6.08. The molecule has 0 saturated heterocycles. The van der Waals surface area contributed by atoms with Crippen molar-refractivity contribution in [2.75, 3.05) is 6.54 Å². The van der Waals surface area contributed by atoms with Gasteiger partial charge < -0.3 is 4.90 Å². The monoisotopic (exact) mass is 394 g/mol. The summed E-state index contributed by atoms with van der Waals surface area (Å²) in [6, 6.07) is 5.71. The van der Waals surface area contributed by atoms with Gasteiger partial charge in [-0.1, -0.05) is 60.7 Å². The number of amides is 1. The molecule has 1 aromatic carbocycles. The number of carbonyl (C=O) groups is 1. The number of benzene rings is 1. The van der Waals surface area contributed by atoms with Gasteiger partial charge >= 0.3 is 0 Å². The lowest BCUT2D eigenvalue weighted by Crippen LogP contribution is -2.41. The Morgan fingerprint density at radius 2 is 2.08 bits per heavy atom. The van der Waals surface area contributed by atoms with E-state index in [1.165, 1.54) is 30.6 Å². The number of hydrogen-bond donors (Lipinski definition) is 0. The van der Waals surface area contributed by atoms with Crippen LogP contribution in [0.5, 0.6) is 0 Å². The van der Waals surface area contributed by atoms with Gasteiger partial charge in [-0.05, 0) is 18.9 Å². The average Bonchev–Trinajstić information content (AvgIpc) is 3.12. The van der Waals surface area contributed by atoms with Crippen LogP contribution in [-0.2, 0) is 0 Å². The molecule has 0 bridgehead atoms. The molecule has 1 aliphatic rings. The number of nitrogens with zero attached hydrogens (tertiary/aromatic N) is 2. The van der Waals surface area contributed by atoms with E-state index in [-0.39, 0.29) is 11.9 Å². The Kier molecular flexibility index (Phi) is 6.15. The Labute approximate surface area is 162 Å². The zero-order chi connectivity index (χ0) is 17.8. The van der Waals surface area contributed by atoms with Crippen molar-refractivity contribution in [3.63, 3.8) is 0 Å². The molecule has 0 unspecified atom stereocenters. The third-order valence-corrected chi connectivity index (χ3v) is 6.20. The molecular formula is C19H20Cl2N2OS. The van der Waals surface area contributed by atoms with Crippen LogP contribution in [0, 0.1) is 0 Å². The molecule has 6 heteroatoms. The molecule has 3 rings (SSSR count). The SMILES string of the molecule is C=CCN(C(=O)c1csc(-c2cccc(Cl)c2Cl)n1)C1CCCCC1. The van der Waals surface area contributed by atoms with E-state index in [2.05, 4.69) is 11.6 Å². The molecule has 2 aromatic rings. The molecule has 1 aromatic heterocycles. The van der Waals surface area contributed by atoms with Gasteiger partial charge in [0.15, 0.2) is 0 Å². The van der Waals surface area contributed by atoms with Gasteiger partial charge in [0.1, 0.15) is 10.7 Å². The van der Waals surface area contributed by atoms with Gasteiger partial charge in [-0.3, -0.25) is 4.79 Å². The summed E-state index contributed by atoms with van der Waals surface area (Å²) in [5, 5.41) is 3.46. The molecule has 1 heterocycles. The van der Waals surface area contributed by atoms with Gasteiger partial charge in [0.2, 0.25) is 0 Å². The fourth-order valence-corrected chi connectivity index (χ4v) is 4.51. The van der Waals surface area contributed by atoms with E-state index in [1.807, 2.05) is 17.0 Å². The van der Waals surface area contributed by atoms with E-state index < -0.39 is 0 Å². The van der Waals surface area contributed by atoms with Gasteiger partial charge in [0.05, 0.1) is 10.0 Å². The number of aromatic nitrogens is 1. The molecule has 132 valence electrons. The van der Waals surface area contributed by atoms with Crippen molar-refractivity contribution in [1.29, 1.82) is 0 Å². The molecule has 1 saturated carbocycles. The molecular weight excluding hydrogens is 375 g/mol. The van der Waals surface area contributed by atoms with E-state index in [0.717, 1.165) is 18.4 Å². The van der Waals surface area contributed by atoms with Crippen molar-refractivity contribution in [2.24, 2.45) is 0 Å². The Morgan fingerprint density at radius 3 is 2.80 bits per heavy atom. The van der Waals surface area contributed by atoms with Crippen LogP contribution in [0.1, 0.15) is 42.6 Å². The molecule has 0 aliphatic heterocycles. The number of halogens is 2. The van der Waals surface area contributed by atoms with Crippen LogP contribution in [0.3, 0.4) is 0 Å². The van der Waals surface area contributed by atoms with Crippen molar-refractivity contribution in [2.45, 2.75) is 38.1 Å². The quantitative estimate of drug-likeness (QED) is 0.575. The Morgan fingerprint density at radius 1 is 1.32 bits per heavy atom. The summed E-state index contributed by atoms with van der Waals surface area (Å²) in [7, 11) is 0. The maximum absolute atomic E-state index is 13.0. The molecule has 0 radical (unpaired) electrons. The van der Waals surface area contributed by atoms with Crippen LogP contribution in [0.2, 0.25) is 10.0 Å². The predicted molar refractivity (Wildman–Crippen MR) is 106 cm³/mol. The van der Waals surface area contributed by atoms with Gasteiger partial charge in [-0.25, -0.2) is 4.98 Å². The molecule has 0 N–H and O–H groups in total. The van der Waals surface area contributed by atoms with Crippen LogP contribution in [0.15, 0.2) is 36.2 Å². The second-order valence-electron chi connectivity index (χ2n) is 6.18. The second-order valence-corrected chi connectivity index (χ2v) is 7.82. The first-order chi connectivity index (χ1) is 12.1. The van der Waals surface area contributed by atoms with Crippen LogP contribution in [0.4, 0.5) is 0 Å². The minimum Gasteiger partial charge on any atom is -0.331 e. The van der Waals surface area contributed by atoms with E-state index in [1.54, 1.807) is 17.5 Å². The minimum absolute atomic E-state index is 0.0348. The number of rotatable bonds is 5. The first kappa shape index (κ1) is 18.4. The maximum Gasteiger partial charge on any atom is 0.273 e. The van der Waals surface area contributed by atoms with Crippen molar-refractivity contribution >= 4 is 40.4 Å². The standard InChI is InChI=1S/C19H20Cl2N2OS/c1-2-11-23(13-7-4-3-5-8-13)19(24)16-12-25-18(22-16)14-9-6-10-15(20)17(14)21/h2,6,9-10,12-13H,1,3-5,7-8,11H2. The summed E-state index contributed by atoms with van der Waals surface area (Å²) in [6.07, 6.45) is 7.49. The van der Waals surface area contributed by atoms with Gasteiger partial charge in [0, 0.05) is 23.5 Å². The zero-order valence-corrected chi connectivity index (χ0v) is 16.2. The summed E-state index contributed by atoms with van der Waals surface area (Å²) < 4.78 is 0. The van der Waals surface area contributed by atoms with Crippen molar-refractivity contribution < 1.29 is 4.79 Å². The lowest BCUT2D eigenvalue weighted by atomic mass is 9.94. The first-order valence-electron chi connectivity index (χ1n) is 8.43. The van der Waals surface area contributed by atoms with Crippen LogP contribution < -0.4 is 0 Å². The maximum atomic E-state index is 13.0. The normalized spacial score (nSPS) is 15.1. The molecule has 3 nitrogen and oxygen atoms in total. The summed E-state index contributed by atoms with van der Waals surface area (Å²) >= 11 is 13.8. The fraction of sp³-hybridized carbons (Fsp3) is 0.368. The van der Waals surface area contributed by atoms with Gasteiger partial charge in [-0.15, -0.1) is 17.9 Å². The summed E-state index contributed by atoms with van der Waals surface area (Å²) in [6.45, 7) is 4.35. The number of hydrogen-bond acceptors (Lipinski definition) is 3. The third kappa shape index (κ3) is 4.08. The molecule has 25 heavy (non-hydrogen) atoms. The fourth-order valence-electron chi connectivity index (χ4n) is 3.24. The van der Waals surface area contributed by atoms with Crippen LogP contribution in [-0.4, -0.2) is 28.4 Å². The topological polar surface area (TPSA) is 33.2 Å². The molecule has 0 spiro atoms. The Bertz CT molecular complexity index is 769. The number of carbonyl (C=O) groups excluding carboxylic acids is 1. The van der Waals surface area contributed by atoms with E-state index in [4.69, 9.17) is 23.2 Å². The van der Waals surface area contributed by atoms with Crippen molar-refractivity contribution in [3.8, 4) is 10.6 Å². The lowest BCUT2D eigenvalue weighted by Gasteiger charge is -2.33. The van der Waals surface area contributed by atoms with E-state index in [9.17, 15) is 4.79 Å². The lowest BCUT2D eigenvalue weighted by molar-refractivity contribution is 0.0658. The largest absolute Gasteiger partial charge is 0.331 e. The second kappa shape index (κ2) is 8.35. The Hall–Kier alpha value is -1.36. The van der Waals surface area contributed by atoms with Crippen LogP contribution >= 0.6 is 34.5 Å². The minimum atomic E-state index is -0.0348. The van der Waals surface area contributed by atoms with Crippen molar-refractivity contribution in [1.82, 2.24) is 9.88 Å². The average molecular weight is 395 g/mol. The summed E-state index contributed by atoms with van der Waals surface area (Å²) in [4.78, 5) is 19.4. The smallest absolute Gasteiger partial charge is 0.273 e. The van der Waals surface area contributed by atoms with E-state index in [0.29, 0.717) is 27.3 Å². The highest BCUT2D eigenvalue weighted by Crippen LogP contribution is 2.35. The van der Waals surface area contributed by atoms with Crippen molar-refractivity contribution in [3.05, 3.63) is 52.0 Å². The van der Waals surface area contributed by atoms with Gasteiger partial charge in [0.25, 0.3) is 5.91 Å². The summed E-state index contributed by atoms with van der Waals surface area (Å²) in [5.74, 6) is -0.0348. The molecule has 1 aliphatic carbocycles. The molecule has 0 atom stereocenters. The zero-order valence-electron chi connectivity index (χ0n) is 13.9. The van der Waals surface area contributed by atoms with E-state index >= 15 is 0 Å². The van der Waals surface area contributed by atoms with Gasteiger partial charge in [-0.2, -0.15) is 0 Å². The third-order valence-electron chi connectivity index (χ3n) is 4.51. The highest BCUT2D eigenvalue weighted by atomic mass is 35.5. The highest BCUT2D eigenvalue weighted by molar-refractivity contribution is 7.13. The summed E-state index contributed by atoms with van der Waals surface area (Å²) in [5.41, 5.74) is 1.22. The van der Waals surface area contributed by atoms with Crippen LogP contribution in [0.25, 0.3) is 10.6 Å². The molecule has 1 fully saturated rings.